The summed E-state index contributed by atoms with van der Waals surface area (Å²) < 4.78 is 14.3. The second-order valence-corrected chi connectivity index (χ2v) is 5.59. The summed E-state index contributed by atoms with van der Waals surface area (Å²) >= 11 is 6.17. The fourth-order valence-electron chi connectivity index (χ4n) is 2.56. The zero-order chi connectivity index (χ0) is 17.3. The first-order valence-corrected chi connectivity index (χ1v) is 7.46. The minimum absolute atomic E-state index is 0.288. The Balaban J connectivity index is 2.26. The van der Waals surface area contributed by atoms with E-state index in [0.717, 1.165) is 5.39 Å². The van der Waals surface area contributed by atoms with Crippen molar-refractivity contribution < 1.29 is 9.18 Å². The summed E-state index contributed by atoms with van der Waals surface area (Å²) in [5.41, 5.74) is 11.7. The first kappa shape index (κ1) is 16.0. The van der Waals surface area contributed by atoms with E-state index in [9.17, 15) is 9.18 Å². The number of halogens is 2. The Morgan fingerprint density at radius 1 is 1.04 bits per heavy atom. The predicted molar refractivity (Wildman–Crippen MR) is 94.5 cm³/mol. The van der Waals surface area contributed by atoms with Gasteiger partial charge in [-0.3, -0.25) is 4.79 Å². The number of fused-ring (bicyclic) bond motifs is 1. The van der Waals surface area contributed by atoms with Crippen molar-refractivity contribution in [2.24, 2.45) is 16.5 Å². The lowest BCUT2D eigenvalue weighted by Gasteiger charge is -2.10. The number of guanidine groups is 1. The summed E-state index contributed by atoms with van der Waals surface area (Å²) in [6.45, 7) is 0. The van der Waals surface area contributed by atoms with Gasteiger partial charge in [0.05, 0.1) is 5.02 Å². The van der Waals surface area contributed by atoms with E-state index in [-0.39, 0.29) is 11.5 Å². The normalized spacial score (nSPS) is 10.6. The van der Waals surface area contributed by atoms with Crippen molar-refractivity contribution in [2.45, 2.75) is 0 Å². The van der Waals surface area contributed by atoms with Crippen LogP contribution in [0.5, 0.6) is 0 Å². The van der Waals surface area contributed by atoms with Gasteiger partial charge in [0, 0.05) is 11.1 Å². The molecule has 0 saturated carbocycles. The smallest absolute Gasteiger partial charge is 0.280 e. The van der Waals surface area contributed by atoms with Gasteiger partial charge in [-0.25, -0.2) is 4.39 Å². The van der Waals surface area contributed by atoms with Gasteiger partial charge in [0.2, 0.25) is 0 Å². The molecule has 3 rings (SSSR count). The van der Waals surface area contributed by atoms with Gasteiger partial charge >= 0.3 is 0 Å². The molecule has 0 saturated heterocycles. The zero-order valence-corrected chi connectivity index (χ0v) is 13.2. The summed E-state index contributed by atoms with van der Waals surface area (Å²) in [6, 6.07) is 14.9. The van der Waals surface area contributed by atoms with Crippen LogP contribution in [0, 0.1) is 5.82 Å². The number of hydrogen-bond acceptors (Lipinski definition) is 1. The first-order valence-electron chi connectivity index (χ1n) is 7.08. The maximum Gasteiger partial charge on any atom is 0.280 e. The van der Waals surface area contributed by atoms with Gasteiger partial charge in [0.1, 0.15) is 5.82 Å². The number of carbonyl (C=O) groups is 1. The molecular formula is C18H13ClFN3O. The van der Waals surface area contributed by atoms with Gasteiger partial charge in [-0.1, -0.05) is 41.9 Å². The number of nitrogens with two attached hydrogens (primary N) is 2. The maximum absolute atomic E-state index is 14.3. The third kappa shape index (κ3) is 2.94. The fourth-order valence-corrected chi connectivity index (χ4v) is 2.83. The van der Waals surface area contributed by atoms with E-state index in [2.05, 4.69) is 4.99 Å². The summed E-state index contributed by atoms with van der Waals surface area (Å²) in [4.78, 5) is 15.6. The van der Waals surface area contributed by atoms with Gasteiger partial charge in [-0.15, -0.1) is 0 Å². The quantitative estimate of drug-likeness (QED) is 0.550. The summed E-state index contributed by atoms with van der Waals surface area (Å²) in [7, 11) is 0. The highest BCUT2D eigenvalue weighted by molar-refractivity contribution is 6.33. The molecule has 0 heterocycles. The average Bonchev–Trinajstić information content (AvgIpc) is 2.53. The van der Waals surface area contributed by atoms with E-state index < -0.39 is 11.7 Å². The SMILES string of the molecule is NC(N)=NC(=O)c1ccc2cccc(-c3c(F)cccc3Cl)c2c1. The fraction of sp³-hybridized carbons (Fsp3) is 0. The molecule has 3 aromatic carbocycles. The lowest BCUT2D eigenvalue weighted by Crippen LogP contribution is -2.24. The molecule has 0 bridgehead atoms. The number of aliphatic imine (C=N–C) groups is 1. The molecule has 24 heavy (non-hydrogen) atoms. The number of nitrogens with zero attached hydrogens (tertiary/aromatic N) is 1. The third-order valence-electron chi connectivity index (χ3n) is 3.59. The largest absolute Gasteiger partial charge is 0.370 e. The van der Waals surface area contributed by atoms with Crippen LogP contribution < -0.4 is 11.5 Å². The Kier molecular flexibility index (Phi) is 4.18. The van der Waals surface area contributed by atoms with Gasteiger partial charge in [0.25, 0.3) is 5.91 Å². The average molecular weight is 342 g/mol. The van der Waals surface area contributed by atoms with E-state index in [0.29, 0.717) is 21.5 Å². The highest BCUT2D eigenvalue weighted by Gasteiger charge is 2.14. The van der Waals surface area contributed by atoms with Crippen LogP contribution in [0.2, 0.25) is 5.02 Å². The molecule has 0 unspecified atom stereocenters. The molecule has 0 atom stereocenters. The molecule has 0 aliphatic rings. The van der Waals surface area contributed by atoms with Crippen LogP contribution in [0.25, 0.3) is 21.9 Å². The summed E-state index contributed by atoms with van der Waals surface area (Å²) in [5, 5.41) is 1.82. The molecule has 120 valence electrons. The lowest BCUT2D eigenvalue weighted by atomic mass is 9.96. The van der Waals surface area contributed by atoms with Crippen molar-refractivity contribution in [1.82, 2.24) is 0 Å². The summed E-state index contributed by atoms with van der Waals surface area (Å²) in [6.07, 6.45) is 0. The molecule has 0 aliphatic heterocycles. The number of benzene rings is 3. The highest BCUT2D eigenvalue weighted by Crippen LogP contribution is 2.35. The van der Waals surface area contributed by atoms with Crippen molar-refractivity contribution in [1.29, 1.82) is 0 Å². The molecule has 4 N–H and O–H groups in total. The van der Waals surface area contributed by atoms with Crippen LogP contribution in [0.3, 0.4) is 0 Å². The molecule has 0 radical (unpaired) electrons. The number of amides is 1. The van der Waals surface area contributed by atoms with E-state index in [4.69, 9.17) is 23.1 Å². The van der Waals surface area contributed by atoms with Crippen molar-refractivity contribution in [3.8, 4) is 11.1 Å². The molecule has 3 aromatic rings. The molecule has 6 heteroatoms. The topological polar surface area (TPSA) is 81.5 Å². The Morgan fingerprint density at radius 2 is 1.79 bits per heavy atom. The Morgan fingerprint density at radius 3 is 2.50 bits per heavy atom. The second kappa shape index (κ2) is 6.29. The van der Waals surface area contributed by atoms with E-state index in [1.807, 2.05) is 6.07 Å². The highest BCUT2D eigenvalue weighted by atomic mass is 35.5. The van der Waals surface area contributed by atoms with Gasteiger partial charge < -0.3 is 11.5 Å². The molecular weight excluding hydrogens is 329 g/mol. The summed E-state index contributed by atoms with van der Waals surface area (Å²) in [5.74, 6) is -1.31. The van der Waals surface area contributed by atoms with Crippen molar-refractivity contribution >= 4 is 34.2 Å². The Hall–Kier alpha value is -2.92. The molecule has 0 aliphatic carbocycles. The minimum atomic E-state index is -0.564. The van der Waals surface area contributed by atoms with Gasteiger partial charge in [0.15, 0.2) is 5.96 Å². The molecule has 1 amide bonds. The monoisotopic (exact) mass is 341 g/mol. The molecule has 0 spiro atoms. The van der Waals surface area contributed by atoms with Crippen molar-refractivity contribution in [3.63, 3.8) is 0 Å². The zero-order valence-electron chi connectivity index (χ0n) is 12.5. The van der Waals surface area contributed by atoms with Crippen molar-refractivity contribution in [2.75, 3.05) is 0 Å². The molecule has 0 aromatic heterocycles. The third-order valence-corrected chi connectivity index (χ3v) is 3.91. The van der Waals surface area contributed by atoms with Gasteiger partial charge in [-0.2, -0.15) is 4.99 Å². The predicted octanol–water partition coefficient (Wildman–Crippen LogP) is 3.71. The second-order valence-electron chi connectivity index (χ2n) is 5.18. The van der Waals surface area contributed by atoms with E-state index in [1.165, 1.54) is 6.07 Å². The van der Waals surface area contributed by atoms with Gasteiger partial charge in [-0.05, 0) is 40.6 Å². The van der Waals surface area contributed by atoms with Crippen LogP contribution in [0.4, 0.5) is 4.39 Å². The van der Waals surface area contributed by atoms with Crippen LogP contribution >= 0.6 is 11.6 Å². The Labute approximate surface area is 142 Å². The van der Waals surface area contributed by atoms with Crippen LogP contribution in [-0.4, -0.2) is 11.9 Å². The van der Waals surface area contributed by atoms with E-state index >= 15 is 0 Å². The number of rotatable bonds is 2. The van der Waals surface area contributed by atoms with Crippen LogP contribution in [-0.2, 0) is 0 Å². The maximum atomic E-state index is 14.3. The standard InChI is InChI=1S/C18H13ClFN3O/c19-14-5-2-6-15(20)16(14)12-4-1-3-10-7-8-11(9-13(10)12)17(24)23-18(21)22/h1-9H,(H4,21,22,23,24). The van der Waals surface area contributed by atoms with Crippen molar-refractivity contribution in [3.05, 3.63) is 71.0 Å². The van der Waals surface area contributed by atoms with E-state index in [1.54, 1.807) is 42.5 Å². The number of hydrogen-bond donors (Lipinski definition) is 2. The molecule has 4 nitrogen and oxygen atoms in total. The number of carbonyl (C=O) groups excluding carboxylic acids is 1. The minimum Gasteiger partial charge on any atom is -0.370 e. The molecule has 0 fully saturated rings. The Bertz CT molecular complexity index is 961. The van der Waals surface area contributed by atoms with Crippen LogP contribution in [0.1, 0.15) is 10.4 Å². The first-order chi connectivity index (χ1) is 11.5. The lowest BCUT2D eigenvalue weighted by molar-refractivity contribution is 0.100. The van der Waals surface area contributed by atoms with Crippen LogP contribution in [0.15, 0.2) is 59.6 Å².